The van der Waals surface area contributed by atoms with Crippen LogP contribution in [0.1, 0.15) is 58.2 Å². The van der Waals surface area contributed by atoms with Gasteiger partial charge in [0.2, 0.25) is 5.95 Å². The summed E-state index contributed by atoms with van der Waals surface area (Å²) in [4.78, 5) is 4.63. The van der Waals surface area contributed by atoms with E-state index in [-0.39, 0.29) is 0 Å². The zero-order chi connectivity index (χ0) is 13.1. The highest BCUT2D eigenvalue weighted by Crippen LogP contribution is 2.38. The number of hydrogen-bond acceptors (Lipinski definition) is 2. The maximum atomic E-state index is 4.63. The van der Waals surface area contributed by atoms with Gasteiger partial charge in [-0.25, -0.2) is 4.98 Å². The van der Waals surface area contributed by atoms with Gasteiger partial charge in [-0.3, -0.25) is 0 Å². The second-order valence-electron chi connectivity index (χ2n) is 6.00. The molecule has 1 saturated carbocycles. The third-order valence-corrected chi connectivity index (χ3v) is 4.13. The van der Waals surface area contributed by atoms with Gasteiger partial charge >= 0.3 is 0 Å². The minimum absolute atomic E-state index is 0.627. The van der Waals surface area contributed by atoms with Crippen LogP contribution < -0.4 is 5.32 Å². The topological polar surface area (TPSA) is 29.9 Å². The number of rotatable bonds is 4. The zero-order valence-corrected chi connectivity index (χ0v) is 12.2. The van der Waals surface area contributed by atoms with Gasteiger partial charge in [-0.05, 0) is 44.4 Å². The number of imidazole rings is 1. The average molecular weight is 249 g/mol. The lowest BCUT2D eigenvalue weighted by atomic mass is 9.80. The van der Waals surface area contributed by atoms with E-state index in [0.29, 0.717) is 6.04 Å². The molecule has 2 rings (SSSR count). The molecule has 0 bridgehead atoms. The summed E-state index contributed by atoms with van der Waals surface area (Å²) >= 11 is 0. The van der Waals surface area contributed by atoms with Crippen molar-refractivity contribution >= 4 is 5.95 Å². The molecular formula is C15H27N3. The highest BCUT2D eigenvalue weighted by atomic mass is 15.2. The Kier molecular flexibility index (Phi) is 4.31. The Morgan fingerprint density at radius 3 is 2.83 bits per heavy atom. The van der Waals surface area contributed by atoms with Crippen LogP contribution in [0.5, 0.6) is 0 Å². The van der Waals surface area contributed by atoms with E-state index < -0.39 is 0 Å². The van der Waals surface area contributed by atoms with Gasteiger partial charge in [-0.2, -0.15) is 0 Å². The number of aromatic nitrogens is 2. The quantitative estimate of drug-likeness (QED) is 0.873. The van der Waals surface area contributed by atoms with Crippen LogP contribution in [0.4, 0.5) is 5.95 Å². The molecule has 18 heavy (non-hydrogen) atoms. The molecule has 3 unspecified atom stereocenters. The van der Waals surface area contributed by atoms with Crippen LogP contribution in [0.25, 0.3) is 0 Å². The highest BCUT2D eigenvalue weighted by Gasteiger charge is 2.28. The second-order valence-corrected chi connectivity index (χ2v) is 6.00. The van der Waals surface area contributed by atoms with E-state index in [1.165, 1.54) is 19.3 Å². The monoisotopic (exact) mass is 249 g/mol. The molecule has 0 spiro atoms. The molecule has 0 saturated heterocycles. The van der Waals surface area contributed by atoms with Gasteiger partial charge in [0.05, 0.1) is 5.69 Å². The molecule has 1 heterocycles. The van der Waals surface area contributed by atoms with E-state index in [9.17, 15) is 0 Å². The van der Waals surface area contributed by atoms with Gasteiger partial charge in [0.25, 0.3) is 0 Å². The van der Waals surface area contributed by atoms with Crippen LogP contribution in [0.15, 0.2) is 6.20 Å². The minimum atomic E-state index is 0.627. The van der Waals surface area contributed by atoms with E-state index in [4.69, 9.17) is 0 Å². The molecular weight excluding hydrogens is 222 g/mol. The van der Waals surface area contributed by atoms with Crippen molar-refractivity contribution in [2.45, 2.75) is 59.4 Å². The molecule has 0 radical (unpaired) electrons. The fourth-order valence-electron chi connectivity index (χ4n) is 3.20. The molecule has 1 N–H and O–H groups in total. The first-order chi connectivity index (χ1) is 8.61. The highest BCUT2D eigenvalue weighted by molar-refractivity contribution is 5.29. The van der Waals surface area contributed by atoms with Gasteiger partial charge in [0.1, 0.15) is 0 Å². The van der Waals surface area contributed by atoms with E-state index in [1.54, 1.807) is 0 Å². The van der Waals surface area contributed by atoms with Gasteiger partial charge in [-0.15, -0.1) is 0 Å². The first-order valence-electron chi connectivity index (χ1n) is 7.41. The van der Waals surface area contributed by atoms with Crippen LogP contribution in [0, 0.1) is 18.8 Å². The van der Waals surface area contributed by atoms with Crippen LogP contribution in [-0.4, -0.2) is 16.1 Å². The van der Waals surface area contributed by atoms with Crippen molar-refractivity contribution in [2.24, 2.45) is 11.8 Å². The van der Waals surface area contributed by atoms with Crippen LogP contribution in [0.3, 0.4) is 0 Å². The molecule has 0 amide bonds. The van der Waals surface area contributed by atoms with Crippen molar-refractivity contribution in [2.75, 3.05) is 11.9 Å². The van der Waals surface area contributed by atoms with Crippen LogP contribution >= 0.6 is 0 Å². The molecule has 102 valence electrons. The number of nitrogens with zero attached hydrogens (tertiary/aromatic N) is 2. The third kappa shape index (κ3) is 2.88. The fourth-order valence-corrected chi connectivity index (χ4v) is 3.20. The first kappa shape index (κ1) is 13.4. The summed E-state index contributed by atoms with van der Waals surface area (Å²) < 4.78 is 2.39. The molecule has 0 aliphatic heterocycles. The Balaban J connectivity index is 2.16. The number of anilines is 1. The Hall–Kier alpha value is -0.990. The maximum Gasteiger partial charge on any atom is 0.203 e. The summed E-state index contributed by atoms with van der Waals surface area (Å²) in [7, 11) is 0. The van der Waals surface area contributed by atoms with Crippen LogP contribution in [0.2, 0.25) is 0 Å². The standard InChI is InChI=1S/C15H27N3/c1-5-8-16-15-17-13(4)10-18(15)14-7-6-11(2)9-12(14)3/h10-12,14H,5-9H2,1-4H3,(H,16,17). The van der Waals surface area contributed by atoms with Crippen molar-refractivity contribution < 1.29 is 0 Å². The molecule has 3 atom stereocenters. The Labute approximate surface area is 111 Å². The number of hydrogen-bond donors (Lipinski definition) is 1. The summed E-state index contributed by atoms with van der Waals surface area (Å²) in [5.74, 6) is 2.71. The Bertz CT molecular complexity index is 383. The van der Waals surface area contributed by atoms with Crippen molar-refractivity contribution in [3.63, 3.8) is 0 Å². The SMILES string of the molecule is CCCNc1nc(C)cn1C1CCC(C)CC1C. The second kappa shape index (κ2) is 5.77. The van der Waals surface area contributed by atoms with E-state index in [2.05, 4.69) is 48.8 Å². The summed E-state index contributed by atoms with van der Waals surface area (Å²) in [6.45, 7) is 10.1. The van der Waals surface area contributed by atoms with E-state index in [1.807, 2.05) is 0 Å². The Morgan fingerprint density at radius 1 is 1.39 bits per heavy atom. The summed E-state index contributed by atoms with van der Waals surface area (Å²) in [5.41, 5.74) is 1.12. The molecule has 1 aliphatic rings. The predicted octanol–water partition coefficient (Wildman–Crippen LogP) is 4.01. The van der Waals surface area contributed by atoms with Gasteiger partial charge in [0, 0.05) is 18.8 Å². The first-order valence-corrected chi connectivity index (χ1v) is 7.41. The lowest BCUT2D eigenvalue weighted by molar-refractivity contribution is 0.209. The van der Waals surface area contributed by atoms with Crippen LogP contribution in [-0.2, 0) is 0 Å². The lowest BCUT2D eigenvalue weighted by Crippen LogP contribution is -2.25. The maximum absolute atomic E-state index is 4.63. The van der Waals surface area contributed by atoms with Gasteiger partial charge in [0.15, 0.2) is 0 Å². The minimum Gasteiger partial charge on any atom is -0.356 e. The normalized spacial score (nSPS) is 28.3. The number of aryl methyl sites for hydroxylation is 1. The average Bonchev–Trinajstić information content (AvgIpc) is 2.67. The predicted molar refractivity (Wildman–Crippen MR) is 77.0 cm³/mol. The van der Waals surface area contributed by atoms with Gasteiger partial charge in [-0.1, -0.05) is 20.8 Å². The zero-order valence-electron chi connectivity index (χ0n) is 12.2. The molecule has 3 heteroatoms. The smallest absolute Gasteiger partial charge is 0.203 e. The van der Waals surface area contributed by atoms with Gasteiger partial charge < -0.3 is 9.88 Å². The lowest BCUT2D eigenvalue weighted by Gasteiger charge is -2.34. The number of nitrogens with one attached hydrogen (secondary N) is 1. The molecule has 1 aromatic rings. The molecule has 1 fully saturated rings. The fraction of sp³-hybridized carbons (Fsp3) is 0.800. The molecule has 1 aromatic heterocycles. The molecule has 3 nitrogen and oxygen atoms in total. The van der Waals surface area contributed by atoms with Crippen molar-refractivity contribution in [1.82, 2.24) is 9.55 Å². The van der Waals surface area contributed by atoms with Crippen molar-refractivity contribution in [1.29, 1.82) is 0 Å². The summed E-state index contributed by atoms with van der Waals surface area (Å²) in [6, 6.07) is 0.627. The summed E-state index contributed by atoms with van der Waals surface area (Å²) in [5, 5.41) is 3.46. The Morgan fingerprint density at radius 2 is 2.17 bits per heavy atom. The summed E-state index contributed by atoms with van der Waals surface area (Å²) in [6.07, 6.45) is 7.34. The largest absolute Gasteiger partial charge is 0.356 e. The van der Waals surface area contributed by atoms with E-state index in [0.717, 1.165) is 36.4 Å². The van der Waals surface area contributed by atoms with Crippen molar-refractivity contribution in [3.05, 3.63) is 11.9 Å². The molecule has 0 aromatic carbocycles. The van der Waals surface area contributed by atoms with Crippen molar-refractivity contribution in [3.8, 4) is 0 Å². The third-order valence-electron chi connectivity index (χ3n) is 4.13. The molecule has 1 aliphatic carbocycles. The van der Waals surface area contributed by atoms with E-state index >= 15 is 0 Å².